The minimum Gasteiger partial charge on any atom is -0.496 e. The molecule has 8 nitrogen and oxygen atoms in total. The van der Waals surface area contributed by atoms with Gasteiger partial charge in [-0.1, -0.05) is 18.2 Å². The molecule has 132 valence electrons. The van der Waals surface area contributed by atoms with Gasteiger partial charge in [-0.2, -0.15) is 0 Å². The van der Waals surface area contributed by atoms with Crippen molar-refractivity contribution in [3.63, 3.8) is 0 Å². The van der Waals surface area contributed by atoms with Gasteiger partial charge >= 0.3 is 5.97 Å². The summed E-state index contributed by atoms with van der Waals surface area (Å²) in [5, 5.41) is 7.59. The van der Waals surface area contributed by atoms with Gasteiger partial charge in [0.2, 0.25) is 10.0 Å². The van der Waals surface area contributed by atoms with Crippen LogP contribution in [0.1, 0.15) is 10.4 Å². The van der Waals surface area contributed by atoms with Gasteiger partial charge in [0, 0.05) is 5.69 Å². The number of rotatable bonds is 6. The third-order valence-electron chi connectivity index (χ3n) is 3.11. The maximum Gasteiger partial charge on any atom is 0.342 e. The van der Waals surface area contributed by atoms with Gasteiger partial charge in [0.25, 0.3) is 5.91 Å². The Labute approximate surface area is 144 Å². The van der Waals surface area contributed by atoms with Crippen LogP contribution in [0.4, 0.5) is 5.69 Å². The second-order valence-corrected chi connectivity index (χ2v) is 6.46. The number of sulfonamides is 1. The summed E-state index contributed by atoms with van der Waals surface area (Å²) >= 11 is 0. The standard InChI is InChI=1S/C16H16N2O6S/c1-23-14-8-7-12(25(17,21)22)9-13(14)16(20)24-10-15(19)18-11-5-3-2-4-6-11/h2-9H,10H2,1H3,(H,18,19)(H2,17,21,22). The van der Waals surface area contributed by atoms with Crippen LogP contribution < -0.4 is 15.2 Å². The van der Waals surface area contributed by atoms with Crippen LogP contribution in [-0.2, 0) is 19.6 Å². The number of carbonyl (C=O) groups excluding carboxylic acids is 2. The summed E-state index contributed by atoms with van der Waals surface area (Å²) in [5.74, 6) is -1.35. The Balaban J connectivity index is 2.08. The third kappa shape index (κ3) is 5.03. The lowest BCUT2D eigenvalue weighted by Crippen LogP contribution is -2.21. The summed E-state index contributed by atoms with van der Waals surface area (Å²) in [6, 6.07) is 12.1. The first-order chi connectivity index (χ1) is 11.8. The van der Waals surface area contributed by atoms with Crippen LogP contribution in [0.3, 0.4) is 0 Å². The molecule has 2 aromatic carbocycles. The summed E-state index contributed by atoms with van der Waals surface area (Å²) in [7, 11) is -2.69. The molecule has 25 heavy (non-hydrogen) atoms. The normalized spacial score (nSPS) is 10.8. The van der Waals surface area contributed by atoms with Crippen molar-refractivity contribution in [2.24, 2.45) is 5.14 Å². The Morgan fingerprint density at radius 1 is 1.12 bits per heavy atom. The molecule has 0 aliphatic rings. The Hall–Kier alpha value is -2.91. The molecule has 0 unspecified atom stereocenters. The van der Waals surface area contributed by atoms with Gasteiger partial charge in [-0.3, -0.25) is 4.79 Å². The average Bonchev–Trinajstić information content (AvgIpc) is 2.59. The van der Waals surface area contributed by atoms with Crippen LogP contribution in [-0.4, -0.2) is 34.0 Å². The first-order valence-corrected chi connectivity index (χ1v) is 8.59. The number of methoxy groups -OCH3 is 1. The second-order valence-electron chi connectivity index (χ2n) is 4.90. The number of hydrogen-bond donors (Lipinski definition) is 2. The lowest BCUT2D eigenvalue weighted by Gasteiger charge is -2.10. The maximum absolute atomic E-state index is 12.1. The highest BCUT2D eigenvalue weighted by Gasteiger charge is 2.19. The van der Waals surface area contributed by atoms with Crippen LogP contribution >= 0.6 is 0 Å². The van der Waals surface area contributed by atoms with Gasteiger partial charge < -0.3 is 14.8 Å². The topological polar surface area (TPSA) is 125 Å². The van der Waals surface area contributed by atoms with E-state index in [0.717, 1.165) is 6.07 Å². The fourth-order valence-electron chi connectivity index (χ4n) is 1.95. The molecular weight excluding hydrogens is 348 g/mol. The van der Waals surface area contributed by atoms with Crippen molar-refractivity contribution in [2.75, 3.05) is 19.0 Å². The number of hydrogen-bond acceptors (Lipinski definition) is 6. The molecule has 3 N–H and O–H groups in total. The highest BCUT2D eigenvalue weighted by molar-refractivity contribution is 7.89. The SMILES string of the molecule is COc1ccc(S(N)(=O)=O)cc1C(=O)OCC(=O)Nc1ccccc1. The van der Waals surface area contributed by atoms with Gasteiger partial charge in [0.15, 0.2) is 6.61 Å². The largest absolute Gasteiger partial charge is 0.496 e. The number of ether oxygens (including phenoxy) is 2. The molecule has 0 atom stereocenters. The summed E-state index contributed by atoms with van der Waals surface area (Å²) in [4.78, 5) is 23.7. The van der Waals surface area contributed by atoms with E-state index in [4.69, 9.17) is 14.6 Å². The first kappa shape index (κ1) is 18.4. The van der Waals surface area contributed by atoms with E-state index in [1.165, 1.54) is 19.2 Å². The molecule has 2 rings (SSSR count). The summed E-state index contributed by atoms with van der Waals surface area (Å²) in [6.45, 7) is -0.545. The predicted molar refractivity (Wildman–Crippen MR) is 89.7 cm³/mol. The van der Waals surface area contributed by atoms with E-state index in [-0.39, 0.29) is 16.2 Å². The summed E-state index contributed by atoms with van der Waals surface area (Å²) in [5.41, 5.74) is 0.402. The lowest BCUT2D eigenvalue weighted by atomic mass is 10.2. The Kier molecular flexibility index (Phi) is 5.73. The minimum absolute atomic E-state index is 0.0980. The van der Waals surface area contributed by atoms with E-state index >= 15 is 0 Å². The molecule has 0 radical (unpaired) electrons. The fourth-order valence-corrected chi connectivity index (χ4v) is 2.49. The zero-order valence-electron chi connectivity index (χ0n) is 13.3. The Bertz CT molecular complexity index is 881. The monoisotopic (exact) mass is 364 g/mol. The summed E-state index contributed by atoms with van der Waals surface area (Å²) < 4.78 is 32.7. The smallest absolute Gasteiger partial charge is 0.342 e. The van der Waals surface area contributed by atoms with Gasteiger partial charge in [-0.15, -0.1) is 0 Å². The molecule has 0 saturated heterocycles. The molecule has 1 amide bonds. The second kappa shape index (κ2) is 7.77. The molecular formula is C16H16N2O6S. The van der Waals surface area contributed by atoms with Crippen molar-refractivity contribution in [2.45, 2.75) is 4.90 Å². The number of nitrogens with two attached hydrogens (primary N) is 1. The van der Waals surface area contributed by atoms with Crippen molar-refractivity contribution in [3.05, 3.63) is 54.1 Å². The number of carbonyl (C=O) groups is 2. The highest BCUT2D eigenvalue weighted by Crippen LogP contribution is 2.22. The Morgan fingerprint density at radius 2 is 1.80 bits per heavy atom. The number of benzene rings is 2. The number of para-hydroxylation sites is 1. The quantitative estimate of drug-likeness (QED) is 0.741. The van der Waals surface area contributed by atoms with Crippen molar-refractivity contribution in [1.29, 1.82) is 0 Å². The predicted octanol–water partition coefficient (Wildman–Crippen LogP) is 1.14. The zero-order valence-corrected chi connectivity index (χ0v) is 14.1. The number of primary sulfonamides is 1. The molecule has 0 aromatic heterocycles. The van der Waals surface area contributed by atoms with Crippen molar-refractivity contribution < 1.29 is 27.5 Å². The first-order valence-electron chi connectivity index (χ1n) is 7.04. The van der Waals surface area contributed by atoms with Gasteiger partial charge in [0.05, 0.1) is 12.0 Å². The van der Waals surface area contributed by atoms with Crippen LogP contribution in [0.15, 0.2) is 53.4 Å². The van der Waals surface area contributed by atoms with Crippen LogP contribution in [0.25, 0.3) is 0 Å². The molecule has 0 fully saturated rings. The number of amides is 1. The lowest BCUT2D eigenvalue weighted by molar-refractivity contribution is -0.119. The van der Waals surface area contributed by atoms with Crippen molar-refractivity contribution >= 4 is 27.6 Å². The molecule has 0 saturated carbocycles. The van der Waals surface area contributed by atoms with Crippen molar-refractivity contribution in [1.82, 2.24) is 0 Å². The van der Waals surface area contributed by atoms with Gasteiger partial charge in [-0.05, 0) is 30.3 Å². The van der Waals surface area contributed by atoms with Crippen LogP contribution in [0, 0.1) is 0 Å². The van der Waals surface area contributed by atoms with Gasteiger partial charge in [0.1, 0.15) is 11.3 Å². The highest BCUT2D eigenvalue weighted by atomic mass is 32.2. The average molecular weight is 364 g/mol. The zero-order chi connectivity index (χ0) is 18.4. The van der Waals surface area contributed by atoms with Crippen LogP contribution in [0.5, 0.6) is 5.75 Å². The fraction of sp³-hybridized carbons (Fsp3) is 0.125. The Morgan fingerprint density at radius 3 is 2.40 bits per heavy atom. The van der Waals surface area contributed by atoms with E-state index in [9.17, 15) is 18.0 Å². The molecule has 0 bridgehead atoms. The molecule has 9 heteroatoms. The molecule has 0 heterocycles. The number of esters is 1. The van der Waals surface area contributed by atoms with E-state index in [2.05, 4.69) is 5.32 Å². The van der Waals surface area contributed by atoms with E-state index in [0.29, 0.717) is 5.69 Å². The molecule has 0 spiro atoms. The van der Waals surface area contributed by atoms with Crippen LogP contribution in [0.2, 0.25) is 0 Å². The molecule has 0 aliphatic carbocycles. The maximum atomic E-state index is 12.1. The van der Waals surface area contributed by atoms with E-state index in [1.807, 2.05) is 0 Å². The number of nitrogens with one attached hydrogen (secondary N) is 1. The summed E-state index contributed by atoms with van der Waals surface area (Å²) in [6.07, 6.45) is 0. The molecule has 0 aliphatic heterocycles. The third-order valence-corrected chi connectivity index (χ3v) is 4.02. The molecule has 2 aromatic rings. The van der Waals surface area contributed by atoms with E-state index < -0.39 is 28.5 Å². The number of anilines is 1. The van der Waals surface area contributed by atoms with Gasteiger partial charge in [-0.25, -0.2) is 18.4 Å². The van der Waals surface area contributed by atoms with Crippen molar-refractivity contribution in [3.8, 4) is 5.75 Å². The van der Waals surface area contributed by atoms with E-state index in [1.54, 1.807) is 30.3 Å². The minimum atomic E-state index is -4.00.